The van der Waals surface area contributed by atoms with Gasteiger partial charge in [0, 0.05) is 45.8 Å². The van der Waals surface area contributed by atoms with E-state index in [1.54, 1.807) is 18.0 Å². The van der Waals surface area contributed by atoms with Gasteiger partial charge in [0.15, 0.2) is 5.78 Å². The summed E-state index contributed by atoms with van der Waals surface area (Å²) >= 11 is 5.23. The molecular formula is C18H12BrN3O2S. The number of nitrogens with one attached hydrogen (secondary N) is 2. The Hall–Kier alpha value is -1.86. The normalized spacial score (nSPS) is 30.3. The molecule has 25 heavy (non-hydrogen) atoms. The van der Waals surface area contributed by atoms with Crippen LogP contribution in [0.25, 0.3) is 21.8 Å². The third-order valence-electron chi connectivity index (χ3n) is 5.76. The third-order valence-corrected chi connectivity index (χ3v) is 7.96. The molecule has 1 saturated heterocycles. The fourth-order valence-corrected chi connectivity index (χ4v) is 7.04. The molecule has 0 amide bonds. The molecule has 3 aromatic rings. The van der Waals surface area contributed by atoms with Crippen LogP contribution in [0.4, 0.5) is 5.69 Å². The number of halogens is 1. The summed E-state index contributed by atoms with van der Waals surface area (Å²) in [4.78, 5) is 33.1. The van der Waals surface area contributed by atoms with Crippen LogP contribution in [0.2, 0.25) is 0 Å². The van der Waals surface area contributed by atoms with Crippen LogP contribution >= 0.6 is 27.7 Å². The topological polar surface area (TPSA) is 74.8 Å². The molecule has 5 nitrogen and oxygen atoms in total. The van der Waals surface area contributed by atoms with E-state index in [1.807, 2.05) is 18.3 Å². The van der Waals surface area contributed by atoms with Gasteiger partial charge in [-0.25, -0.2) is 0 Å². The number of pyridine rings is 1. The first-order valence-corrected chi connectivity index (χ1v) is 9.91. The van der Waals surface area contributed by atoms with Crippen molar-refractivity contribution < 1.29 is 4.79 Å². The van der Waals surface area contributed by atoms with Crippen LogP contribution in [0.1, 0.15) is 18.4 Å². The average molecular weight is 414 g/mol. The van der Waals surface area contributed by atoms with Gasteiger partial charge in [0.1, 0.15) is 5.52 Å². The number of Topliss-reactive ketones (excluding diaryl/α,β-unsaturated/α-hetero) is 1. The van der Waals surface area contributed by atoms with Crippen LogP contribution in [0, 0.1) is 0 Å². The zero-order valence-electron chi connectivity index (χ0n) is 12.9. The minimum Gasteiger partial charge on any atom is -0.370 e. The number of allylic oxidation sites excluding steroid dienone is 2. The second kappa shape index (κ2) is 4.45. The fraction of sp³-hybridized carbons (Fsp3) is 0.278. The summed E-state index contributed by atoms with van der Waals surface area (Å²) < 4.78 is 0.629. The van der Waals surface area contributed by atoms with Gasteiger partial charge >= 0.3 is 0 Å². The number of hydrogen-bond donors (Lipinski definition) is 2. The van der Waals surface area contributed by atoms with E-state index in [9.17, 15) is 9.59 Å². The van der Waals surface area contributed by atoms with Gasteiger partial charge in [-0.05, 0) is 28.4 Å². The van der Waals surface area contributed by atoms with Crippen molar-refractivity contribution in [3.8, 4) is 0 Å². The summed E-state index contributed by atoms with van der Waals surface area (Å²) in [5.74, 6) is 0.137. The maximum absolute atomic E-state index is 13.1. The van der Waals surface area contributed by atoms with E-state index in [1.165, 1.54) is 0 Å². The van der Waals surface area contributed by atoms with Crippen molar-refractivity contribution in [1.29, 1.82) is 0 Å². The highest BCUT2D eigenvalue weighted by atomic mass is 79.9. The van der Waals surface area contributed by atoms with Crippen molar-refractivity contribution in [3.05, 3.63) is 44.8 Å². The predicted molar refractivity (Wildman–Crippen MR) is 103 cm³/mol. The number of anilines is 1. The largest absolute Gasteiger partial charge is 0.370 e. The number of hydrogen-bond acceptors (Lipinski definition) is 5. The van der Waals surface area contributed by atoms with Crippen LogP contribution in [0.3, 0.4) is 0 Å². The summed E-state index contributed by atoms with van der Waals surface area (Å²) in [7, 11) is 0. The second-order valence-corrected chi connectivity index (χ2v) is 9.26. The Balaban J connectivity index is 1.83. The summed E-state index contributed by atoms with van der Waals surface area (Å²) in [6.07, 6.45) is 7.08. The van der Waals surface area contributed by atoms with Crippen molar-refractivity contribution >= 4 is 61.0 Å². The van der Waals surface area contributed by atoms with Crippen molar-refractivity contribution in [2.75, 3.05) is 5.32 Å². The van der Waals surface area contributed by atoms with Crippen molar-refractivity contribution in [2.45, 2.75) is 28.9 Å². The van der Waals surface area contributed by atoms with Gasteiger partial charge < -0.3 is 10.3 Å². The minimum absolute atomic E-state index is 0.0381. The van der Waals surface area contributed by atoms with Crippen LogP contribution in [-0.2, 0) is 10.2 Å². The number of rotatable bonds is 0. The molecule has 1 fully saturated rings. The predicted octanol–water partition coefficient (Wildman–Crippen LogP) is 3.26. The molecule has 0 radical (unpaired) electrons. The van der Waals surface area contributed by atoms with Gasteiger partial charge in [0.25, 0.3) is 0 Å². The molecule has 3 atom stereocenters. The first kappa shape index (κ1) is 14.3. The zero-order valence-corrected chi connectivity index (χ0v) is 15.3. The van der Waals surface area contributed by atoms with E-state index in [2.05, 4.69) is 31.2 Å². The maximum Gasteiger partial charge on any atom is 0.228 e. The van der Waals surface area contributed by atoms with Crippen LogP contribution in [0.5, 0.6) is 0 Å². The zero-order chi connectivity index (χ0) is 16.9. The van der Waals surface area contributed by atoms with Crippen molar-refractivity contribution in [3.63, 3.8) is 0 Å². The van der Waals surface area contributed by atoms with E-state index >= 15 is 0 Å². The molecule has 1 spiro atoms. The monoisotopic (exact) mass is 413 g/mol. The quantitative estimate of drug-likeness (QED) is 0.591. The lowest BCUT2D eigenvalue weighted by atomic mass is 9.68. The second-order valence-electron chi connectivity index (χ2n) is 6.99. The molecule has 4 heterocycles. The van der Waals surface area contributed by atoms with E-state index in [-0.39, 0.29) is 27.3 Å². The van der Waals surface area contributed by atoms with Crippen molar-refractivity contribution in [2.24, 2.45) is 0 Å². The number of aromatic nitrogens is 2. The average Bonchev–Trinajstić information content (AvgIpc) is 3.13. The van der Waals surface area contributed by atoms with Gasteiger partial charge in [-0.2, -0.15) is 0 Å². The number of aromatic amines is 1. The van der Waals surface area contributed by atoms with Gasteiger partial charge in [-0.15, -0.1) is 11.8 Å². The highest BCUT2D eigenvalue weighted by Crippen LogP contribution is 2.60. The summed E-state index contributed by atoms with van der Waals surface area (Å²) in [6.45, 7) is 0. The molecule has 1 aromatic carbocycles. The number of thioether (sulfide) groups is 1. The first-order valence-electron chi connectivity index (χ1n) is 8.18. The highest BCUT2D eigenvalue weighted by Gasteiger charge is 2.56. The highest BCUT2D eigenvalue weighted by molar-refractivity contribution is 9.12. The van der Waals surface area contributed by atoms with Gasteiger partial charge in [-0.1, -0.05) is 6.08 Å². The van der Waals surface area contributed by atoms with Crippen LogP contribution < -0.4 is 10.7 Å². The number of carbonyl (C=O) groups excluding carboxylic acids is 1. The van der Waals surface area contributed by atoms with Crippen LogP contribution in [-0.4, -0.2) is 26.4 Å². The third kappa shape index (κ3) is 1.59. The maximum atomic E-state index is 13.1. The lowest BCUT2D eigenvalue weighted by Crippen LogP contribution is -2.41. The first-order chi connectivity index (χ1) is 12.1. The lowest BCUT2D eigenvalue weighted by molar-refractivity contribution is -0.115. The van der Waals surface area contributed by atoms with E-state index in [0.29, 0.717) is 22.1 Å². The Bertz CT molecular complexity index is 1190. The molecule has 124 valence electrons. The molecule has 6 rings (SSSR count). The number of fused-ring (bicyclic) bond motifs is 3. The standard InChI is InChI=1S/C18H12BrN3O2S/c19-8-4-18-5-11(25-10(18)3-9(8)23)22-16-13(18)14-12-7(1-2-20-14)6-21-15(12)17(16)24/h1-2,4,6,10-11,20,22H,3,5H2/t10-,11-,18+/m0/s1. The smallest absolute Gasteiger partial charge is 0.228 e. The summed E-state index contributed by atoms with van der Waals surface area (Å²) in [6, 6.07) is 1.95. The van der Waals surface area contributed by atoms with Crippen molar-refractivity contribution in [1.82, 2.24) is 9.97 Å². The Morgan fingerprint density at radius 1 is 1.36 bits per heavy atom. The molecule has 0 unspecified atom stereocenters. The van der Waals surface area contributed by atoms with Crippen LogP contribution in [0.15, 0.2) is 33.8 Å². The Labute approximate surface area is 154 Å². The molecule has 2 aromatic heterocycles. The number of ketones is 1. The Kier molecular flexibility index (Phi) is 2.55. The van der Waals surface area contributed by atoms with E-state index < -0.39 is 0 Å². The Morgan fingerprint density at radius 3 is 3.12 bits per heavy atom. The van der Waals surface area contributed by atoms with E-state index in [0.717, 1.165) is 28.3 Å². The molecule has 3 aliphatic rings. The molecule has 7 heteroatoms. The van der Waals surface area contributed by atoms with Gasteiger partial charge in [-0.3, -0.25) is 14.6 Å². The summed E-state index contributed by atoms with van der Waals surface area (Å²) in [5, 5.41) is 5.59. The number of H-pyrrole nitrogens is 1. The number of benzene rings is 1. The molecule has 2 aliphatic heterocycles. The Morgan fingerprint density at radius 2 is 2.24 bits per heavy atom. The molecule has 2 N–H and O–H groups in total. The number of nitrogens with zero attached hydrogens (tertiary/aromatic N) is 1. The summed E-state index contributed by atoms with van der Waals surface area (Å²) in [5.41, 5.74) is 2.78. The fourth-order valence-electron chi connectivity index (χ4n) is 4.75. The molecule has 0 saturated carbocycles. The van der Waals surface area contributed by atoms with Gasteiger partial charge in [0.2, 0.25) is 5.43 Å². The lowest BCUT2D eigenvalue weighted by Gasteiger charge is -2.38. The number of carbonyl (C=O) groups is 1. The molecule has 1 aliphatic carbocycles. The van der Waals surface area contributed by atoms with Gasteiger partial charge in [0.05, 0.1) is 21.1 Å². The molecular weight excluding hydrogens is 402 g/mol. The van der Waals surface area contributed by atoms with E-state index in [4.69, 9.17) is 0 Å². The molecule has 2 bridgehead atoms. The minimum atomic E-state index is -0.307. The SMILES string of the molecule is O=C1C[C@@H]2S[C@H]3C[C@@]2(C=C1Br)c1c(c(=O)c2ncc4cc[nH]c1c42)N3.